The molecule has 2 aliphatic heterocycles. The minimum atomic E-state index is -0.593. The molecule has 2 saturated heterocycles. The molecule has 0 saturated carbocycles. The summed E-state index contributed by atoms with van der Waals surface area (Å²) in [6.45, 7) is 2.42. The number of alkyl halides is 1. The number of hydrogen-bond acceptors (Lipinski definition) is 2. The van der Waals surface area contributed by atoms with E-state index >= 15 is 0 Å². The predicted octanol–water partition coefficient (Wildman–Crippen LogP) is 1.26. The first-order chi connectivity index (χ1) is 5.81. The Morgan fingerprint density at radius 2 is 2.08 bits per heavy atom. The Labute approximate surface area is 72.5 Å². The van der Waals surface area contributed by atoms with Crippen molar-refractivity contribution in [3.05, 3.63) is 0 Å². The van der Waals surface area contributed by atoms with E-state index in [1.807, 2.05) is 0 Å². The molecular weight excluding hydrogens is 157 g/mol. The summed E-state index contributed by atoms with van der Waals surface area (Å²) in [4.78, 5) is 0. The van der Waals surface area contributed by atoms with Gasteiger partial charge in [0, 0.05) is 18.8 Å². The highest BCUT2D eigenvalue weighted by Gasteiger charge is 2.37. The highest BCUT2D eigenvalue weighted by Crippen LogP contribution is 2.30. The second kappa shape index (κ2) is 3.30. The van der Waals surface area contributed by atoms with Crippen LogP contribution < -0.4 is 5.32 Å². The Bertz CT molecular complexity index is 151. The molecule has 0 aromatic carbocycles. The van der Waals surface area contributed by atoms with Crippen LogP contribution in [0.15, 0.2) is 0 Å². The molecule has 0 bridgehead atoms. The normalized spacial score (nSPS) is 35.2. The van der Waals surface area contributed by atoms with Gasteiger partial charge in [0.15, 0.2) is 0 Å². The lowest BCUT2D eigenvalue weighted by atomic mass is 9.81. The first kappa shape index (κ1) is 8.45. The summed E-state index contributed by atoms with van der Waals surface area (Å²) in [6.07, 6.45) is 2.74. The molecule has 0 aromatic heterocycles. The van der Waals surface area contributed by atoms with E-state index < -0.39 is 6.17 Å². The lowest BCUT2D eigenvalue weighted by Gasteiger charge is -2.42. The lowest BCUT2D eigenvalue weighted by molar-refractivity contribution is 0.0117. The van der Waals surface area contributed by atoms with E-state index in [9.17, 15) is 4.39 Å². The van der Waals surface area contributed by atoms with Crippen LogP contribution in [0.1, 0.15) is 25.7 Å². The molecular formula is C9H16FNO. The van der Waals surface area contributed by atoms with Crippen molar-refractivity contribution in [1.29, 1.82) is 0 Å². The third-order valence-electron chi connectivity index (χ3n) is 3.02. The van der Waals surface area contributed by atoms with Crippen LogP contribution in [0.3, 0.4) is 0 Å². The first-order valence-electron chi connectivity index (χ1n) is 4.78. The average molecular weight is 173 g/mol. The molecule has 2 fully saturated rings. The summed E-state index contributed by atoms with van der Waals surface area (Å²) in [7, 11) is 0. The third-order valence-corrected chi connectivity index (χ3v) is 3.02. The van der Waals surface area contributed by atoms with Gasteiger partial charge in [-0.2, -0.15) is 0 Å². The van der Waals surface area contributed by atoms with Crippen LogP contribution in [0, 0.1) is 0 Å². The Hall–Kier alpha value is -0.150. The molecule has 0 radical (unpaired) electrons. The molecule has 12 heavy (non-hydrogen) atoms. The van der Waals surface area contributed by atoms with Gasteiger partial charge in [-0.3, -0.25) is 0 Å². The predicted molar refractivity (Wildman–Crippen MR) is 44.9 cm³/mol. The van der Waals surface area contributed by atoms with E-state index in [0.29, 0.717) is 12.8 Å². The molecule has 3 heteroatoms. The fourth-order valence-electron chi connectivity index (χ4n) is 2.24. The third kappa shape index (κ3) is 1.62. The number of halogens is 1. The number of piperidine rings is 1. The molecule has 0 aromatic rings. The molecule has 70 valence electrons. The van der Waals surface area contributed by atoms with Gasteiger partial charge in [0.25, 0.3) is 0 Å². The van der Waals surface area contributed by atoms with Gasteiger partial charge in [-0.1, -0.05) is 0 Å². The molecule has 2 aliphatic rings. The van der Waals surface area contributed by atoms with Crippen molar-refractivity contribution >= 4 is 0 Å². The fraction of sp³-hybridized carbons (Fsp3) is 1.00. The zero-order valence-corrected chi connectivity index (χ0v) is 7.31. The summed E-state index contributed by atoms with van der Waals surface area (Å²) in [5.74, 6) is 0. The van der Waals surface area contributed by atoms with Crippen molar-refractivity contribution in [2.24, 2.45) is 0 Å². The van der Waals surface area contributed by atoms with E-state index in [1.54, 1.807) is 0 Å². The zero-order valence-electron chi connectivity index (χ0n) is 7.31. The molecule has 2 rings (SSSR count). The van der Waals surface area contributed by atoms with E-state index in [1.165, 1.54) is 0 Å². The molecule has 1 spiro atoms. The SMILES string of the molecule is FC1CCNC2(CCOCC2)C1. The van der Waals surface area contributed by atoms with Gasteiger partial charge in [-0.15, -0.1) is 0 Å². The van der Waals surface area contributed by atoms with Crippen molar-refractivity contribution in [1.82, 2.24) is 5.32 Å². The van der Waals surface area contributed by atoms with Gasteiger partial charge in [-0.05, 0) is 32.2 Å². The summed E-state index contributed by atoms with van der Waals surface area (Å²) in [5, 5.41) is 3.44. The fourth-order valence-corrected chi connectivity index (χ4v) is 2.24. The standard InChI is InChI=1S/C9H16FNO/c10-8-1-4-11-9(7-8)2-5-12-6-3-9/h8,11H,1-7H2. The maximum atomic E-state index is 13.1. The second-order valence-corrected chi connectivity index (χ2v) is 3.91. The van der Waals surface area contributed by atoms with Gasteiger partial charge in [0.2, 0.25) is 0 Å². The van der Waals surface area contributed by atoms with Crippen molar-refractivity contribution < 1.29 is 9.13 Å². The number of hydrogen-bond donors (Lipinski definition) is 1. The molecule has 0 amide bonds. The maximum absolute atomic E-state index is 13.1. The van der Waals surface area contributed by atoms with Crippen molar-refractivity contribution in [3.63, 3.8) is 0 Å². The highest BCUT2D eigenvalue weighted by atomic mass is 19.1. The van der Waals surface area contributed by atoms with Gasteiger partial charge < -0.3 is 10.1 Å². The molecule has 0 aliphatic carbocycles. The van der Waals surface area contributed by atoms with Crippen LogP contribution in [0.25, 0.3) is 0 Å². The summed E-state index contributed by atoms with van der Waals surface area (Å²) < 4.78 is 18.4. The molecule has 1 atom stereocenters. The second-order valence-electron chi connectivity index (χ2n) is 3.91. The molecule has 1 unspecified atom stereocenters. The summed E-state index contributed by atoms with van der Waals surface area (Å²) >= 11 is 0. The van der Waals surface area contributed by atoms with Gasteiger partial charge in [-0.25, -0.2) is 4.39 Å². The Kier molecular flexibility index (Phi) is 2.33. The summed E-state index contributed by atoms with van der Waals surface area (Å²) in [5.41, 5.74) is 0.0793. The number of ether oxygens (including phenoxy) is 1. The van der Waals surface area contributed by atoms with E-state index in [4.69, 9.17) is 4.74 Å². The molecule has 2 heterocycles. The highest BCUT2D eigenvalue weighted by molar-refractivity contribution is 4.95. The van der Waals surface area contributed by atoms with Crippen molar-refractivity contribution in [3.8, 4) is 0 Å². The van der Waals surface area contributed by atoms with Gasteiger partial charge in [0.05, 0.1) is 0 Å². The Morgan fingerprint density at radius 3 is 2.75 bits per heavy atom. The van der Waals surface area contributed by atoms with E-state index in [0.717, 1.165) is 32.6 Å². The van der Waals surface area contributed by atoms with Crippen molar-refractivity contribution in [2.75, 3.05) is 19.8 Å². The smallest absolute Gasteiger partial charge is 0.103 e. The first-order valence-corrected chi connectivity index (χ1v) is 4.78. The van der Waals surface area contributed by atoms with Crippen LogP contribution in [0.2, 0.25) is 0 Å². The van der Waals surface area contributed by atoms with Crippen molar-refractivity contribution in [2.45, 2.75) is 37.4 Å². The number of rotatable bonds is 0. The largest absolute Gasteiger partial charge is 0.381 e. The summed E-state index contributed by atoms with van der Waals surface area (Å²) in [6, 6.07) is 0. The minimum absolute atomic E-state index is 0.0793. The van der Waals surface area contributed by atoms with Crippen LogP contribution in [-0.4, -0.2) is 31.5 Å². The monoisotopic (exact) mass is 173 g/mol. The van der Waals surface area contributed by atoms with E-state index in [-0.39, 0.29) is 5.54 Å². The average Bonchev–Trinajstić information content (AvgIpc) is 2.05. The van der Waals surface area contributed by atoms with E-state index in [2.05, 4.69) is 5.32 Å². The molecule has 2 nitrogen and oxygen atoms in total. The lowest BCUT2D eigenvalue weighted by Crippen LogP contribution is -2.54. The topological polar surface area (TPSA) is 21.3 Å². The van der Waals surface area contributed by atoms with Gasteiger partial charge in [0.1, 0.15) is 6.17 Å². The Balaban J connectivity index is 1.97. The molecule has 1 N–H and O–H groups in total. The van der Waals surface area contributed by atoms with Crippen LogP contribution in [-0.2, 0) is 4.74 Å². The Morgan fingerprint density at radius 1 is 1.33 bits per heavy atom. The van der Waals surface area contributed by atoms with Crippen LogP contribution in [0.4, 0.5) is 4.39 Å². The van der Waals surface area contributed by atoms with Crippen LogP contribution >= 0.6 is 0 Å². The minimum Gasteiger partial charge on any atom is -0.381 e. The number of nitrogens with one attached hydrogen (secondary N) is 1. The zero-order chi connectivity index (χ0) is 8.44. The quantitative estimate of drug-likeness (QED) is 0.595. The van der Waals surface area contributed by atoms with Gasteiger partial charge >= 0.3 is 0 Å². The van der Waals surface area contributed by atoms with Crippen LogP contribution in [0.5, 0.6) is 0 Å². The maximum Gasteiger partial charge on any atom is 0.103 e.